The number of halogens is 5. The molecule has 114 valence electrons. The SMILES string of the molecule is O=C(Nc1ccc(F)cc1Br)N1CC=C(C(F)(F)F)CC1. The van der Waals surface area contributed by atoms with Gasteiger partial charge in [-0.15, -0.1) is 0 Å². The van der Waals surface area contributed by atoms with E-state index in [2.05, 4.69) is 21.2 Å². The first-order chi connectivity index (χ1) is 9.77. The zero-order valence-electron chi connectivity index (χ0n) is 10.7. The van der Waals surface area contributed by atoms with Gasteiger partial charge in [-0.2, -0.15) is 13.2 Å². The van der Waals surface area contributed by atoms with Crippen LogP contribution >= 0.6 is 15.9 Å². The van der Waals surface area contributed by atoms with Gasteiger partial charge >= 0.3 is 12.2 Å². The maximum absolute atomic E-state index is 12.9. The molecule has 8 heteroatoms. The van der Waals surface area contributed by atoms with E-state index in [0.29, 0.717) is 10.2 Å². The Balaban J connectivity index is 2.01. The van der Waals surface area contributed by atoms with Crippen molar-refractivity contribution in [3.63, 3.8) is 0 Å². The molecule has 1 N–H and O–H groups in total. The molecule has 2 amide bonds. The van der Waals surface area contributed by atoms with Crippen molar-refractivity contribution in [1.29, 1.82) is 0 Å². The van der Waals surface area contributed by atoms with Crippen LogP contribution in [-0.4, -0.2) is 30.2 Å². The second-order valence-corrected chi connectivity index (χ2v) is 5.33. The highest BCUT2D eigenvalue weighted by atomic mass is 79.9. The Morgan fingerprint density at radius 1 is 1.33 bits per heavy atom. The number of hydrogen-bond donors (Lipinski definition) is 1. The van der Waals surface area contributed by atoms with Crippen molar-refractivity contribution in [2.75, 3.05) is 18.4 Å². The second-order valence-electron chi connectivity index (χ2n) is 4.48. The molecule has 0 bridgehead atoms. The van der Waals surface area contributed by atoms with Gasteiger partial charge < -0.3 is 10.2 Å². The number of nitrogens with zero attached hydrogens (tertiary/aromatic N) is 1. The van der Waals surface area contributed by atoms with Crippen LogP contribution in [0.1, 0.15) is 6.42 Å². The number of amides is 2. The van der Waals surface area contributed by atoms with Crippen LogP contribution in [0.2, 0.25) is 0 Å². The molecule has 1 aliphatic rings. The van der Waals surface area contributed by atoms with Crippen molar-refractivity contribution < 1.29 is 22.4 Å². The minimum Gasteiger partial charge on any atom is -0.320 e. The summed E-state index contributed by atoms with van der Waals surface area (Å²) in [7, 11) is 0. The first kappa shape index (κ1) is 15.8. The van der Waals surface area contributed by atoms with Crippen LogP contribution in [0.5, 0.6) is 0 Å². The number of carbonyl (C=O) groups excluding carboxylic acids is 1. The number of carbonyl (C=O) groups is 1. The fourth-order valence-electron chi connectivity index (χ4n) is 1.90. The first-order valence-corrected chi connectivity index (χ1v) is 6.84. The molecule has 1 aromatic rings. The summed E-state index contributed by atoms with van der Waals surface area (Å²) in [6.45, 7) is -0.129. The van der Waals surface area contributed by atoms with Gasteiger partial charge in [0.05, 0.1) is 5.69 Å². The maximum atomic E-state index is 12.9. The monoisotopic (exact) mass is 366 g/mol. The number of hydrogen-bond acceptors (Lipinski definition) is 1. The molecular formula is C13H11BrF4N2O. The van der Waals surface area contributed by atoms with Crippen LogP contribution in [0.25, 0.3) is 0 Å². The summed E-state index contributed by atoms with van der Waals surface area (Å²) in [5.41, 5.74) is -0.262. The molecule has 1 aromatic carbocycles. The van der Waals surface area contributed by atoms with Crippen molar-refractivity contribution in [3.8, 4) is 0 Å². The Kier molecular flexibility index (Phi) is 4.55. The van der Waals surface area contributed by atoms with Crippen molar-refractivity contribution >= 4 is 27.6 Å². The molecule has 2 rings (SSSR count). The average molecular weight is 367 g/mol. The fourth-order valence-corrected chi connectivity index (χ4v) is 2.35. The fraction of sp³-hybridized carbons (Fsp3) is 0.308. The maximum Gasteiger partial charge on any atom is 0.412 e. The molecule has 0 spiro atoms. The van der Waals surface area contributed by atoms with Crippen molar-refractivity contribution in [2.24, 2.45) is 0 Å². The van der Waals surface area contributed by atoms with Crippen molar-refractivity contribution in [1.82, 2.24) is 4.90 Å². The molecule has 3 nitrogen and oxygen atoms in total. The van der Waals surface area contributed by atoms with E-state index >= 15 is 0 Å². The number of alkyl halides is 3. The number of nitrogens with one attached hydrogen (secondary N) is 1. The summed E-state index contributed by atoms with van der Waals surface area (Å²) in [6, 6.07) is 3.21. The van der Waals surface area contributed by atoms with Gasteiger partial charge in [-0.1, -0.05) is 6.08 Å². The van der Waals surface area contributed by atoms with Gasteiger partial charge in [0.1, 0.15) is 5.82 Å². The quantitative estimate of drug-likeness (QED) is 0.582. The van der Waals surface area contributed by atoms with Gasteiger partial charge in [0.2, 0.25) is 0 Å². The van der Waals surface area contributed by atoms with Crippen LogP contribution in [0.4, 0.5) is 28.0 Å². The number of rotatable bonds is 1. The average Bonchev–Trinajstić information content (AvgIpc) is 2.41. The minimum absolute atomic E-state index is 0.0179. The summed E-state index contributed by atoms with van der Waals surface area (Å²) in [5.74, 6) is -0.462. The smallest absolute Gasteiger partial charge is 0.320 e. The van der Waals surface area contributed by atoms with Crippen LogP contribution < -0.4 is 5.32 Å². The van der Waals surface area contributed by atoms with E-state index in [1.165, 1.54) is 23.1 Å². The summed E-state index contributed by atoms with van der Waals surface area (Å²) >= 11 is 3.10. The number of benzene rings is 1. The van der Waals surface area contributed by atoms with E-state index in [9.17, 15) is 22.4 Å². The Labute approximate surface area is 126 Å². The standard InChI is InChI=1S/C13H11BrF4N2O/c14-10-7-9(15)1-2-11(10)19-12(21)20-5-3-8(4-6-20)13(16,17)18/h1-3,7H,4-6H2,(H,19,21). The zero-order chi connectivity index (χ0) is 15.6. The van der Waals surface area contributed by atoms with Gasteiger partial charge in [-0.05, 0) is 40.5 Å². The van der Waals surface area contributed by atoms with Crippen LogP contribution in [0.15, 0.2) is 34.3 Å². The van der Waals surface area contributed by atoms with Crippen LogP contribution in [0, 0.1) is 5.82 Å². The largest absolute Gasteiger partial charge is 0.412 e. The van der Waals surface area contributed by atoms with Gasteiger partial charge in [0, 0.05) is 23.1 Å². The van der Waals surface area contributed by atoms with E-state index in [0.717, 1.165) is 6.08 Å². The molecule has 0 radical (unpaired) electrons. The van der Waals surface area contributed by atoms with Crippen LogP contribution in [0.3, 0.4) is 0 Å². The molecule has 21 heavy (non-hydrogen) atoms. The lowest BCUT2D eigenvalue weighted by molar-refractivity contribution is -0.0955. The van der Waals surface area contributed by atoms with E-state index < -0.39 is 23.6 Å². The van der Waals surface area contributed by atoms with E-state index in [1.807, 2.05) is 0 Å². The third-order valence-electron chi connectivity index (χ3n) is 3.03. The third-order valence-corrected chi connectivity index (χ3v) is 3.69. The first-order valence-electron chi connectivity index (χ1n) is 6.04. The summed E-state index contributed by atoms with van der Waals surface area (Å²) in [4.78, 5) is 13.2. The predicted molar refractivity (Wildman–Crippen MR) is 73.4 cm³/mol. The highest BCUT2D eigenvalue weighted by molar-refractivity contribution is 9.10. The highest BCUT2D eigenvalue weighted by Gasteiger charge is 2.35. The Morgan fingerprint density at radius 3 is 2.57 bits per heavy atom. The topological polar surface area (TPSA) is 32.3 Å². The lowest BCUT2D eigenvalue weighted by Gasteiger charge is -2.27. The molecule has 0 saturated heterocycles. The minimum atomic E-state index is -4.34. The van der Waals surface area contributed by atoms with Crippen molar-refractivity contribution in [2.45, 2.75) is 12.6 Å². The normalized spacial score (nSPS) is 15.7. The lowest BCUT2D eigenvalue weighted by Crippen LogP contribution is -2.39. The van der Waals surface area contributed by atoms with Crippen molar-refractivity contribution in [3.05, 3.63) is 40.1 Å². The van der Waals surface area contributed by atoms with Crippen LogP contribution in [-0.2, 0) is 0 Å². The summed E-state index contributed by atoms with van der Waals surface area (Å²) < 4.78 is 50.7. The molecule has 0 aromatic heterocycles. The Morgan fingerprint density at radius 2 is 2.05 bits per heavy atom. The number of urea groups is 1. The second kappa shape index (κ2) is 6.05. The summed E-state index contributed by atoms with van der Waals surface area (Å²) in [5, 5.41) is 2.52. The molecule has 0 fully saturated rings. The zero-order valence-corrected chi connectivity index (χ0v) is 12.3. The van der Waals surface area contributed by atoms with Gasteiger partial charge in [0.15, 0.2) is 0 Å². The van der Waals surface area contributed by atoms with Gasteiger partial charge in [-0.3, -0.25) is 0 Å². The number of anilines is 1. The molecular weight excluding hydrogens is 356 g/mol. The molecule has 0 saturated carbocycles. The lowest BCUT2D eigenvalue weighted by atomic mass is 10.1. The molecule has 1 heterocycles. The molecule has 1 aliphatic heterocycles. The Hall–Kier alpha value is -1.57. The Bertz CT molecular complexity index is 586. The molecule has 0 atom stereocenters. The molecule has 0 unspecified atom stereocenters. The molecule has 0 aliphatic carbocycles. The van der Waals surface area contributed by atoms with E-state index in [-0.39, 0.29) is 19.5 Å². The van der Waals surface area contributed by atoms with E-state index in [1.54, 1.807) is 0 Å². The van der Waals surface area contributed by atoms with Gasteiger partial charge in [0.25, 0.3) is 0 Å². The summed E-state index contributed by atoms with van der Waals surface area (Å²) in [6.07, 6.45) is -3.58. The van der Waals surface area contributed by atoms with Gasteiger partial charge in [-0.25, -0.2) is 9.18 Å². The predicted octanol–water partition coefficient (Wildman–Crippen LogP) is 4.31. The third kappa shape index (κ3) is 3.96. The van der Waals surface area contributed by atoms with E-state index in [4.69, 9.17) is 0 Å². The highest BCUT2D eigenvalue weighted by Crippen LogP contribution is 2.30.